The molecule has 1 aromatic carbocycles. The molecular weight excluding hydrogens is 336 g/mol. The Bertz CT molecular complexity index is 818. The first-order valence-corrected chi connectivity index (χ1v) is 9.74. The maximum atomic E-state index is 12.1. The van der Waals surface area contributed by atoms with Gasteiger partial charge in [0.05, 0.1) is 22.2 Å². The van der Waals surface area contributed by atoms with Crippen LogP contribution in [0.1, 0.15) is 32.0 Å². The van der Waals surface area contributed by atoms with E-state index >= 15 is 0 Å². The zero-order valence-electron chi connectivity index (χ0n) is 14.4. The van der Waals surface area contributed by atoms with Crippen molar-refractivity contribution in [2.45, 2.75) is 37.5 Å². The standard InChI is InChI=1S/C18H24N4O2S/c1-18(11-19,12-6-7-12)22-16(23)8-9-25-10-15-20-14-5-3-2-4-13(14)17(24)21-15/h2-5,12H,6-11,19H2,1H3,(H,22,23)(H,20,21,24). The lowest BCUT2D eigenvalue weighted by Gasteiger charge is -2.29. The summed E-state index contributed by atoms with van der Waals surface area (Å²) in [7, 11) is 0. The lowest BCUT2D eigenvalue weighted by molar-refractivity contribution is -0.122. The molecule has 1 atom stereocenters. The summed E-state index contributed by atoms with van der Waals surface area (Å²) < 4.78 is 0. The summed E-state index contributed by atoms with van der Waals surface area (Å²) in [6, 6.07) is 7.28. The lowest BCUT2D eigenvalue weighted by Crippen LogP contribution is -2.53. The Morgan fingerprint density at radius 1 is 1.44 bits per heavy atom. The van der Waals surface area contributed by atoms with Gasteiger partial charge in [-0.2, -0.15) is 11.8 Å². The molecule has 1 aliphatic rings. The second kappa shape index (κ2) is 7.58. The lowest BCUT2D eigenvalue weighted by atomic mass is 9.96. The van der Waals surface area contributed by atoms with Gasteiger partial charge in [-0.15, -0.1) is 0 Å². The number of carbonyl (C=O) groups excluding carboxylic acids is 1. The van der Waals surface area contributed by atoms with E-state index in [1.807, 2.05) is 25.1 Å². The summed E-state index contributed by atoms with van der Waals surface area (Å²) in [5.41, 5.74) is 6.13. The number of benzene rings is 1. The van der Waals surface area contributed by atoms with Crippen molar-refractivity contribution in [3.8, 4) is 0 Å². The Kier molecular flexibility index (Phi) is 5.44. The number of amides is 1. The van der Waals surface area contributed by atoms with E-state index in [-0.39, 0.29) is 17.0 Å². The van der Waals surface area contributed by atoms with E-state index in [1.54, 1.807) is 17.8 Å². The molecule has 1 unspecified atom stereocenters. The summed E-state index contributed by atoms with van der Waals surface area (Å²) in [6.45, 7) is 2.50. The first-order chi connectivity index (χ1) is 12.0. The third kappa shape index (κ3) is 4.41. The zero-order valence-corrected chi connectivity index (χ0v) is 15.2. The van der Waals surface area contributed by atoms with E-state index in [2.05, 4.69) is 15.3 Å². The Labute approximate surface area is 151 Å². The molecule has 1 aliphatic carbocycles. The zero-order chi connectivity index (χ0) is 17.9. The van der Waals surface area contributed by atoms with Crippen molar-refractivity contribution in [3.63, 3.8) is 0 Å². The van der Waals surface area contributed by atoms with Gasteiger partial charge in [-0.25, -0.2) is 4.98 Å². The van der Waals surface area contributed by atoms with Crippen LogP contribution in [0.25, 0.3) is 10.9 Å². The molecule has 7 heteroatoms. The molecule has 134 valence electrons. The van der Waals surface area contributed by atoms with Gasteiger partial charge in [0.1, 0.15) is 5.82 Å². The monoisotopic (exact) mass is 360 g/mol. The van der Waals surface area contributed by atoms with Gasteiger partial charge in [0.15, 0.2) is 0 Å². The van der Waals surface area contributed by atoms with Crippen LogP contribution in [0.3, 0.4) is 0 Å². The number of hydrogen-bond acceptors (Lipinski definition) is 5. The summed E-state index contributed by atoms with van der Waals surface area (Å²) in [5, 5.41) is 3.68. The number of aromatic amines is 1. The highest BCUT2D eigenvalue weighted by molar-refractivity contribution is 7.98. The summed E-state index contributed by atoms with van der Waals surface area (Å²) >= 11 is 1.58. The fourth-order valence-corrected chi connectivity index (χ4v) is 3.76. The third-order valence-electron chi connectivity index (χ3n) is 4.70. The van der Waals surface area contributed by atoms with Gasteiger partial charge in [-0.3, -0.25) is 9.59 Å². The Morgan fingerprint density at radius 3 is 2.92 bits per heavy atom. The Balaban J connectivity index is 1.48. The fraction of sp³-hybridized carbons (Fsp3) is 0.500. The summed E-state index contributed by atoms with van der Waals surface area (Å²) in [6.07, 6.45) is 2.72. The van der Waals surface area contributed by atoms with Crippen LogP contribution >= 0.6 is 11.8 Å². The van der Waals surface area contributed by atoms with Crippen LogP contribution in [0.4, 0.5) is 0 Å². The molecule has 0 spiro atoms. The number of fused-ring (bicyclic) bond motifs is 1. The van der Waals surface area contributed by atoms with Crippen LogP contribution in [0.2, 0.25) is 0 Å². The van der Waals surface area contributed by atoms with Crippen molar-refractivity contribution >= 4 is 28.6 Å². The van der Waals surface area contributed by atoms with Gasteiger partial charge in [-0.1, -0.05) is 12.1 Å². The summed E-state index contributed by atoms with van der Waals surface area (Å²) in [4.78, 5) is 31.4. The van der Waals surface area contributed by atoms with Crippen molar-refractivity contribution in [2.75, 3.05) is 12.3 Å². The first-order valence-electron chi connectivity index (χ1n) is 8.58. The van der Waals surface area contributed by atoms with E-state index < -0.39 is 0 Å². The minimum absolute atomic E-state index is 0.0346. The normalized spacial score (nSPS) is 16.6. The molecule has 2 aromatic rings. The molecular formula is C18H24N4O2S. The molecule has 6 nitrogen and oxygen atoms in total. The number of nitrogens with zero attached hydrogens (tertiary/aromatic N) is 1. The number of carbonyl (C=O) groups is 1. The number of hydrogen-bond donors (Lipinski definition) is 3. The second-order valence-corrected chi connectivity index (χ2v) is 7.88. The molecule has 25 heavy (non-hydrogen) atoms. The fourth-order valence-electron chi connectivity index (χ4n) is 2.96. The topological polar surface area (TPSA) is 101 Å². The van der Waals surface area contributed by atoms with E-state index in [4.69, 9.17) is 5.73 Å². The van der Waals surface area contributed by atoms with E-state index in [1.165, 1.54) is 0 Å². The smallest absolute Gasteiger partial charge is 0.258 e. The van der Waals surface area contributed by atoms with E-state index in [0.717, 1.165) is 12.8 Å². The van der Waals surface area contributed by atoms with Crippen molar-refractivity contribution in [1.29, 1.82) is 0 Å². The van der Waals surface area contributed by atoms with Gasteiger partial charge in [0, 0.05) is 18.7 Å². The van der Waals surface area contributed by atoms with Crippen molar-refractivity contribution in [2.24, 2.45) is 11.7 Å². The van der Waals surface area contributed by atoms with Gasteiger partial charge in [0.2, 0.25) is 5.91 Å². The van der Waals surface area contributed by atoms with Gasteiger partial charge < -0.3 is 16.0 Å². The molecule has 3 rings (SSSR count). The van der Waals surface area contributed by atoms with Gasteiger partial charge in [-0.05, 0) is 37.8 Å². The SMILES string of the molecule is CC(CN)(NC(=O)CCSCc1nc2ccccc2c(=O)[nH]1)C1CC1. The number of rotatable bonds is 8. The van der Waals surface area contributed by atoms with Crippen LogP contribution in [0.15, 0.2) is 29.1 Å². The first kappa shape index (κ1) is 17.9. The molecule has 1 aromatic heterocycles. The predicted molar refractivity (Wildman–Crippen MR) is 101 cm³/mol. The molecule has 1 amide bonds. The number of H-pyrrole nitrogens is 1. The van der Waals surface area contributed by atoms with Crippen LogP contribution in [0, 0.1) is 5.92 Å². The number of para-hydroxylation sites is 1. The minimum Gasteiger partial charge on any atom is -0.349 e. The van der Waals surface area contributed by atoms with Crippen molar-refractivity contribution in [3.05, 3.63) is 40.4 Å². The summed E-state index contributed by atoms with van der Waals surface area (Å²) in [5.74, 6) is 2.44. The number of aromatic nitrogens is 2. The highest BCUT2D eigenvalue weighted by Crippen LogP contribution is 2.39. The predicted octanol–water partition coefficient (Wildman–Crippen LogP) is 1.79. The minimum atomic E-state index is -0.271. The molecule has 0 radical (unpaired) electrons. The number of nitrogens with two attached hydrogens (primary N) is 1. The molecule has 1 saturated carbocycles. The van der Waals surface area contributed by atoms with Crippen LogP contribution in [-0.2, 0) is 10.5 Å². The maximum Gasteiger partial charge on any atom is 0.258 e. The highest BCUT2D eigenvalue weighted by atomic mass is 32.2. The number of thioether (sulfide) groups is 1. The average Bonchev–Trinajstić information content (AvgIpc) is 3.44. The molecule has 1 fully saturated rings. The Hall–Kier alpha value is -1.86. The molecule has 1 heterocycles. The van der Waals surface area contributed by atoms with E-state index in [9.17, 15) is 9.59 Å². The van der Waals surface area contributed by atoms with Gasteiger partial charge >= 0.3 is 0 Å². The quantitative estimate of drug-likeness (QED) is 0.623. The molecule has 4 N–H and O–H groups in total. The van der Waals surface area contributed by atoms with Crippen LogP contribution in [-0.4, -0.2) is 33.7 Å². The van der Waals surface area contributed by atoms with Gasteiger partial charge in [0.25, 0.3) is 5.56 Å². The average molecular weight is 360 g/mol. The van der Waals surface area contributed by atoms with Crippen molar-refractivity contribution in [1.82, 2.24) is 15.3 Å². The van der Waals surface area contributed by atoms with Crippen LogP contribution in [0.5, 0.6) is 0 Å². The number of nitrogens with one attached hydrogen (secondary N) is 2. The van der Waals surface area contributed by atoms with Crippen molar-refractivity contribution < 1.29 is 4.79 Å². The molecule has 0 bridgehead atoms. The molecule has 0 aliphatic heterocycles. The van der Waals surface area contributed by atoms with E-state index in [0.29, 0.717) is 47.1 Å². The largest absolute Gasteiger partial charge is 0.349 e. The van der Waals surface area contributed by atoms with Crippen LogP contribution < -0.4 is 16.6 Å². The third-order valence-corrected chi connectivity index (χ3v) is 5.67. The Morgan fingerprint density at radius 2 is 2.20 bits per heavy atom. The molecule has 0 saturated heterocycles. The second-order valence-electron chi connectivity index (χ2n) is 6.78. The highest BCUT2D eigenvalue weighted by Gasteiger charge is 2.41. The maximum absolute atomic E-state index is 12.1.